The van der Waals surface area contributed by atoms with Gasteiger partial charge in [-0.1, -0.05) is 6.07 Å². The number of hydrogen-bond donors (Lipinski definition) is 2. The van der Waals surface area contributed by atoms with Crippen molar-refractivity contribution in [3.8, 4) is 5.75 Å². The van der Waals surface area contributed by atoms with Crippen LogP contribution in [0.15, 0.2) is 45.5 Å². The van der Waals surface area contributed by atoms with Crippen LogP contribution in [0.1, 0.15) is 24.3 Å². The molecule has 1 aromatic heterocycles. The van der Waals surface area contributed by atoms with E-state index in [4.69, 9.17) is 9.15 Å². The van der Waals surface area contributed by atoms with Gasteiger partial charge in [-0.15, -0.1) is 0 Å². The second-order valence-corrected chi connectivity index (χ2v) is 5.71. The summed E-state index contributed by atoms with van der Waals surface area (Å²) in [7, 11) is 1.63. The van der Waals surface area contributed by atoms with Crippen molar-refractivity contribution >= 4 is 21.8 Å². The van der Waals surface area contributed by atoms with E-state index < -0.39 is 0 Å². The molecule has 2 rings (SSSR count). The molecule has 5 nitrogen and oxygen atoms in total. The van der Waals surface area contributed by atoms with E-state index in [0.717, 1.165) is 21.5 Å². The van der Waals surface area contributed by atoms with Crippen molar-refractivity contribution in [1.29, 1.82) is 0 Å². The topological polar surface area (TPSA) is 63.5 Å². The molecular weight excluding hydrogens is 348 g/mol. The number of nitrogens with one attached hydrogen (secondary N) is 2. The molecule has 2 N–H and O–H groups in total. The number of amides is 1. The molecule has 0 saturated heterocycles. The van der Waals surface area contributed by atoms with Gasteiger partial charge in [0, 0.05) is 6.04 Å². The molecule has 6 heteroatoms. The fourth-order valence-corrected chi connectivity index (χ4v) is 2.54. The summed E-state index contributed by atoms with van der Waals surface area (Å²) in [5.41, 5.74) is 1.08. The van der Waals surface area contributed by atoms with E-state index >= 15 is 0 Å². The number of furan rings is 1. The molecule has 2 aromatic rings. The first-order valence-corrected chi connectivity index (χ1v) is 7.75. The molecule has 1 amide bonds. The lowest BCUT2D eigenvalue weighted by Gasteiger charge is -2.15. The van der Waals surface area contributed by atoms with Crippen LogP contribution in [0, 0.1) is 0 Å². The summed E-state index contributed by atoms with van der Waals surface area (Å²) < 4.78 is 11.3. The largest absolute Gasteiger partial charge is 0.496 e. The Balaban J connectivity index is 1.80. The van der Waals surface area contributed by atoms with Crippen LogP contribution < -0.4 is 15.4 Å². The molecule has 1 unspecified atom stereocenters. The number of benzene rings is 1. The van der Waals surface area contributed by atoms with E-state index in [1.54, 1.807) is 19.4 Å². The normalized spacial score (nSPS) is 12.0. The highest BCUT2D eigenvalue weighted by molar-refractivity contribution is 9.10. The summed E-state index contributed by atoms with van der Waals surface area (Å²) in [4.78, 5) is 11.8. The van der Waals surface area contributed by atoms with E-state index in [2.05, 4.69) is 26.6 Å². The number of carbonyl (C=O) groups excluding carboxylic acids is 1. The molecule has 0 spiro atoms. The van der Waals surface area contributed by atoms with Crippen LogP contribution in [0.25, 0.3) is 0 Å². The summed E-state index contributed by atoms with van der Waals surface area (Å²) in [6.07, 6.45) is 1.59. The van der Waals surface area contributed by atoms with Crippen molar-refractivity contribution in [2.45, 2.75) is 19.5 Å². The van der Waals surface area contributed by atoms with Crippen molar-refractivity contribution in [2.75, 3.05) is 13.7 Å². The van der Waals surface area contributed by atoms with E-state index in [0.29, 0.717) is 6.54 Å². The maximum absolute atomic E-state index is 11.8. The zero-order chi connectivity index (χ0) is 15.9. The third-order valence-corrected chi connectivity index (χ3v) is 3.90. The molecule has 0 aliphatic rings. The summed E-state index contributed by atoms with van der Waals surface area (Å²) in [5.74, 6) is 1.45. The van der Waals surface area contributed by atoms with Gasteiger partial charge in [0.25, 0.3) is 0 Å². The maximum Gasteiger partial charge on any atom is 0.234 e. The Morgan fingerprint density at radius 2 is 2.23 bits per heavy atom. The molecular formula is C16H19BrN2O3. The lowest BCUT2D eigenvalue weighted by atomic mass is 10.1. The zero-order valence-electron chi connectivity index (χ0n) is 12.6. The number of hydrogen-bond acceptors (Lipinski definition) is 4. The summed E-state index contributed by atoms with van der Waals surface area (Å²) in [6.45, 7) is 2.65. The standard InChI is InChI=1S/C16H19BrN2O3/c1-11(12-5-6-15(21-2)14(17)8-12)18-10-16(20)19-9-13-4-3-7-22-13/h3-8,11,18H,9-10H2,1-2H3,(H,19,20). The van der Waals surface area contributed by atoms with Gasteiger partial charge in [0.1, 0.15) is 11.5 Å². The van der Waals surface area contributed by atoms with Gasteiger partial charge in [0.05, 0.1) is 30.9 Å². The second-order valence-electron chi connectivity index (χ2n) is 4.85. The number of halogens is 1. The Morgan fingerprint density at radius 1 is 1.41 bits per heavy atom. The zero-order valence-corrected chi connectivity index (χ0v) is 14.1. The molecule has 1 heterocycles. The summed E-state index contributed by atoms with van der Waals surface area (Å²) in [6, 6.07) is 9.53. The molecule has 0 bridgehead atoms. The Morgan fingerprint density at radius 3 is 2.86 bits per heavy atom. The predicted molar refractivity (Wildman–Crippen MR) is 87.7 cm³/mol. The SMILES string of the molecule is COc1ccc(C(C)NCC(=O)NCc2ccco2)cc1Br. The summed E-state index contributed by atoms with van der Waals surface area (Å²) >= 11 is 3.46. The van der Waals surface area contributed by atoms with Crippen molar-refractivity contribution in [3.63, 3.8) is 0 Å². The number of ether oxygens (including phenoxy) is 1. The lowest BCUT2D eigenvalue weighted by Crippen LogP contribution is -2.34. The van der Waals surface area contributed by atoms with Gasteiger partial charge >= 0.3 is 0 Å². The van der Waals surface area contributed by atoms with Crippen LogP contribution in [0.5, 0.6) is 5.75 Å². The fourth-order valence-electron chi connectivity index (χ4n) is 1.98. The van der Waals surface area contributed by atoms with Gasteiger partial charge in [-0.25, -0.2) is 0 Å². The van der Waals surface area contributed by atoms with Crippen molar-refractivity contribution in [3.05, 3.63) is 52.4 Å². The van der Waals surface area contributed by atoms with Crippen LogP contribution in [0.2, 0.25) is 0 Å². The fraction of sp³-hybridized carbons (Fsp3) is 0.312. The smallest absolute Gasteiger partial charge is 0.234 e. The first kappa shape index (κ1) is 16.6. The van der Waals surface area contributed by atoms with Crippen LogP contribution in [-0.2, 0) is 11.3 Å². The Kier molecular flexibility index (Phi) is 6.03. The van der Waals surface area contributed by atoms with E-state index in [9.17, 15) is 4.79 Å². The van der Waals surface area contributed by atoms with Crippen LogP contribution in [0.4, 0.5) is 0 Å². The quantitative estimate of drug-likeness (QED) is 0.790. The third-order valence-electron chi connectivity index (χ3n) is 3.28. The monoisotopic (exact) mass is 366 g/mol. The highest BCUT2D eigenvalue weighted by Crippen LogP contribution is 2.27. The molecule has 0 radical (unpaired) electrons. The predicted octanol–water partition coefficient (Wildman–Crippen LogP) is 3.02. The molecule has 0 aliphatic heterocycles. The Hall–Kier alpha value is -1.79. The first-order chi connectivity index (χ1) is 10.6. The van der Waals surface area contributed by atoms with Crippen LogP contribution in [-0.4, -0.2) is 19.6 Å². The molecule has 118 valence electrons. The summed E-state index contributed by atoms with van der Waals surface area (Å²) in [5, 5.41) is 5.99. The molecule has 0 aliphatic carbocycles. The van der Waals surface area contributed by atoms with Gasteiger partial charge in [0.2, 0.25) is 5.91 Å². The van der Waals surface area contributed by atoms with Gasteiger partial charge < -0.3 is 19.8 Å². The van der Waals surface area contributed by atoms with Gasteiger partial charge in [-0.2, -0.15) is 0 Å². The second kappa shape index (κ2) is 8.00. The molecule has 1 atom stereocenters. The molecule has 22 heavy (non-hydrogen) atoms. The van der Waals surface area contributed by atoms with Crippen molar-refractivity contribution in [2.24, 2.45) is 0 Å². The maximum atomic E-state index is 11.8. The molecule has 0 saturated carbocycles. The van der Waals surface area contributed by atoms with E-state index in [1.165, 1.54) is 0 Å². The van der Waals surface area contributed by atoms with Crippen LogP contribution >= 0.6 is 15.9 Å². The number of rotatable bonds is 7. The van der Waals surface area contributed by atoms with Gasteiger partial charge in [-0.05, 0) is 52.7 Å². The van der Waals surface area contributed by atoms with Gasteiger partial charge in [-0.3, -0.25) is 4.79 Å². The minimum absolute atomic E-state index is 0.0524. The molecule has 0 fully saturated rings. The minimum Gasteiger partial charge on any atom is -0.496 e. The first-order valence-electron chi connectivity index (χ1n) is 6.96. The average Bonchev–Trinajstić information content (AvgIpc) is 3.03. The van der Waals surface area contributed by atoms with E-state index in [-0.39, 0.29) is 18.5 Å². The minimum atomic E-state index is -0.0733. The average molecular weight is 367 g/mol. The van der Waals surface area contributed by atoms with Crippen molar-refractivity contribution in [1.82, 2.24) is 10.6 Å². The Bertz CT molecular complexity index is 614. The highest BCUT2D eigenvalue weighted by Gasteiger charge is 2.10. The van der Waals surface area contributed by atoms with Crippen molar-refractivity contribution < 1.29 is 13.9 Å². The Labute approximate surface area is 138 Å². The van der Waals surface area contributed by atoms with Crippen LogP contribution in [0.3, 0.4) is 0 Å². The van der Waals surface area contributed by atoms with Gasteiger partial charge in [0.15, 0.2) is 0 Å². The lowest BCUT2D eigenvalue weighted by molar-refractivity contribution is -0.120. The number of methoxy groups -OCH3 is 1. The molecule has 1 aromatic carbocycles. The third kappa shape index (κ3) is 4.61. The van der Waals surface area contributed by atoms with E-state index in [1.807, 2.05) is 31.2 Å². The number of carbonyl (C=O) groups is 1. The highest BCUT2D eigenvalue weighted by atomic mass is 79.9.